The number of piperidine rings is 1. The molecule has 8 heteroatoms. The topological polar surface area (TPSA) is 75.3 Å². The van der Waals surface area contributed by atoms with Crippen molar-refractivity contribution in [3.63, 3.8) is 0 Å². The zero-order valence-electron chi connectivity index (χ0n) is 13.8. The molecule has 1 aromatic heterocycles. The van der Waals surface area contributed by atoms with E-state index in [1.54, 1.807) is 13.0 Å². The van der Waals surface area contributed by atoms with Gasteiger partial charge in [0.1, 0.15) is 22.8 Å². The molecule has 134 valence electrons. The monoisotopic (exact) mass is 367 g/mol. The summed E-state index contributed by atoms with van der Waals surface area (Å²) < 4.78 is 19.9. The fraction of sp³-hybridized carbons (Fsp3) is 0.471. The van der Waals surface area contributed by atoms with E-state index in [2.05, 4.69) is 9.97 Å². The number of H-pyrrole nitrogens is 1. The average molecular weight is 368 g/mol. The SMILES string of the molecule is CC(=O)N1CCC(COc2cc(F)c3c(=O)[nH]c(CCl)nc3c2)CC1. The van der Waals surface area contributed by atoms with Gasteiger partial charge in [0.15, 0.2) is 0 Å². The lowest BCUT2D eigenvalue weighted by molar-refractivity contribution is -0.130. The van der Waals surface area contributed by atoms with Crippen molar-refractivity contribution in [2.24, 2.45) is 5.92 Å². The van der Waals surface area contributed by atoms with Crippen molar-refractivity contribution in [1.29, 1.82) is 0 Å². The van der Waals surface area contributed by atoms with Gasteiger partial charge in [-0.15, -0.1) is 11.6 Å². The summed E-state index contributed by atoms with van der Waals surface area (Å²) in [5, 5.41) is -0.101. The highest BCUT2D eigenvalue weighted by Crippen LogP contribution is 2.23. The Morgan fingerprint density at radius 1 is 1.44 bits per heavy atom. The van der Waals surface area contributed by atoms with Gasteiger partial charge in [0.2, 0.25) is 5.91 Å². The summed E-state index contributed by atoms with van der Waals surface area (Å²) in [6.07, 6.45) is 1.70. The second kappa shape index (κ2) is 7.39. The molecule has 25 heavy (non-hydrogen) atoms. The Balaban J connectivity index is 1.72. The van der Waals surface area contributed by atoms with Gasteiger partial charge >= 0.3 is 0 Å². The summed E-state index contributed by atoms with van der Waals surface area (Å²) in [6, 6.07) is 2.75. The van der Waals surface area contributed by atoms with Gasteiger partial charge in [-0.25, -0.2) is 9.37 Å². The minimum atomic E-state index is -0.672. The molecule has 0 bridgehead atoms. The van der Waals surface area contributed by atoms with Gasteiger partial charge < -0.3 is 14.6 Å². The van der Waals surface area contributed by atoms with Crippen molar-refractivity contribution < 1.29 is 13.9 Å². The number of benzene rings is 1. The second-order valence-electron chi connectivity index (χ2n) is 6.21. The molecule has 2 heterocycles. The van der Waals surface area contributed by atoms with Crippen LogP contribution in [0, 0.1) is 11.7 Å². The highest BCUT2D eigenvalue weighted by molar-refractivity contribution is 6.16. The summed E-state index contributed by atoms with van der Waals surface area (Å²) in [6.45, 7) is 3.43. The van der Waals surface area contributed by atoms with E-state index in [4.69, 9.17) is 16.3 Å². The number of likely N-dealkylation sites (tertiary alicyclic amines) is 1. The predicted octanol–water partition coefficient (Wildman–Crippen LogP) is 2.44. The van der Waals surface area contributed by atoms with Gasteiger partial charge in [0.05, 0.1) is 18.0 Å². The average Bonchev–Trinajstić information content (AvgIpc) is 2.59. The van der Waals surface area contributed by atoms with Crippen LogP contribution < -0.4 is 10.3 Å². The zero-order valence-corrected chi connectivity index (χ0v) is 14.6. The molecule has 1 N–H and O–H groups in total. The summed E-state index contributed by atoms with van der Waals surface area (Å²) in [4.78, 5) is 31.7. The Labute approximate surface area is 148 Å². The van der Waals surface area contributed by atoms with Crippen LogP contribution in [0.1, 0.15) is 25.6 Å². The Kier molecular flexibility index (Phi) is 5.22. The number of hydrogen-bond acceptors (Lipinski definition) is 4. The number of nitrogens with one attached hydrogen (secondary N) is 1. The maximum absolute atomic E-state index is 14.2. The number of halogens is 2. The van der Waals surface area contributed by atoms with Gasteiger partial charge in [0, 0.05) is 32.1 Å². The zero-order chi connectivity index (χ0) is 18.0. The molecule has 0 radical (unpaired) electrons. The smallest absolute Gasteiger partial charge is 0.261 e. The molecule has 2 aromatic rings. The van der Waals surface area contributed by atoms with Crippen LogP contribution in [0.3, 0.4) is 0 Å². The van der Waals surface area contributed by atoms with E-state index in [0.717, 1.165) is 12.8 Å². The van der Waals surface area contributed by atoms with Crippen LogP contribution in [0.4, 0.5) is 4.39 Å². The Morgan fingerprint density at radius 2 is 2.16 bits per heavy atom. The molecule has 1 saturated heterocycles. The number of aromatic amines is 1. The maximum Gasteiger partial charge on any atom is 0.261 e. The van der Waals surface area contributed by atoms with E-state index in [1.165, 1.54) is 6.07 Å². The van der Waals surface area contributed by atoms with Gasteiger partial charge in [0.25, 0.3) is 5.56 Å². The lowest BCUT2D eigenvalue weighted by Crippen LogP contribution is -2.38. The fourth-order valence-electron chi connectivity index (χ4n) is 3.02. The number of ether oxygens (including phenoxy) is 1. The van der Waals surface area contributed by atoms with Crippen molar-refractivity contribution in [2.45, 2.75) is 25.6 Å². The molecule has 0 spiro atoms. The molecule has 0 atom stereocenters. The predicted molar refractivity (Wildman–Crippen MR) is 92.4 cm³/mol. The van der Waals surface area contributed by atoms with Crippen LogP contribution >= 0.6 is 11.6 Å². The first-order valence-electron chi connectivity index (χ1n) is 8.14. The van der Waals surface area contributed by atoms with Crippen LogP contribution in [0.2, 0.25) is 0 Å². The first-order chi connectivity index (χ1) is 12.0. The lowest BCUT2D eigenvalue weighted by atomic mass is 9.98. The largest absolute Gasteiger partial charge is 0.493 e. The Bertz CT molecular complexity index is 847. The molecule has 1 aliphatic rings. The minimum absolute atomic E-state index is 0.0343. The number of aromatic nitrogens is 2. The number of amides is 1. The highest BCUT2D eigenvalue weighted by atomic mass is 35.5. The van der Waals surface area contributed by atoms with E-state index in [-0.39, 0.29) is 28.5 Å². The number of fused-ring (bicyclic) bond motifs is 1. The molecule has 0 unspecified atom stereocenters. The van der Waals surface area contributed by atoms with Crippen molar-refractivity contribution in [2.75, 3.05) is 19.7 Å². The van der Waals surface area contributed by atoms with Gasteiger partial charge in [-0.05, 0) is 18.8 Å². The number of nitrogens with zero attached hydrogens (tertiary/aromatic N) is 2. The van der Waals surface area contributed by atoms with Crippen molar-refractivity contribution in [1.82, 2.24) is 14.9 Å². The Hall–Kier alpha value is -2.15. The standard InChI is InChI=1S/C17H19ClFN3O3/c1-10(23)22-4-2-11(3-5-22)9-25-12-6-13(19)16-14(7-12)20-15(8-18)21-17(16)24/h6-7,11H,2-5,8-9H2,1H3,(H,20,21,24). The maximum atomic E-state index is 14.2. The van der Waals surface area contributed by atoms with E-state index < -0.39 is 11.4 Å². The van der Waals surface area contributed by atoms with Gasteiger partial charge in [-0.3, -0.25) is 9.59 Å². The third-order valence-corrected chi connectivity index (χ3v) is 4.71. The van der Waals surface area contributed by atoms with Crippen LogP contribution in [0.5, 0.6) is 5.75 Å². The minimum Gasteiger partial charge on any atom is -0.493 e. The second-order valence-corrected chi connectivity index (χ2v) is 6.47. The molecular formula is C17H19ClFN3O3. The molecular weight excluding hydrogens is 349 g/mol. The number of alkyl halides is 1. The van der Waals surface area contributed by atoms with Crippen LogP contribution in [-0.4, -0.2) is 40.5 Å². The van der Waals surface area contributed by atoms with Crippen molar-refractivity contribution in [3.05, 3.63) is 34.1 Å². The first kappa shape index (κ1) is 17.7. The molecule has 0 saturated carbocycles. The van der Waals surface area contributed by atoms with Crippen molar-refractivity contribution in [3.8, 4) is 5.75 Å². The van der Waals surface area contributed by atoms with Crippen molar-refractivity contribution >= 4 is 28.4 Å². The third-order valence-electron chi connectivity index (χ3n) is 4.46. The van der Waals surface area contributed by atoms with Crippen LogP contribution in [0.25, 0.3) is 10.9 Å². The molecule has 6 nitrogen and oxygen atoms in total. The first-order valence-corrected chi connectivity index (χ1v) is 8.68. The quantitative estimate of drug-likeness (QED) is 0.842. The summed E-state index contributed by atoms with van der Waals surface area (Å²) in [5.74, 6) is 0.369. The number of hydrogen-bond donors (Lipinski definition) is 1. The summed E-state index contributed by atoms with van der Waals surface area (Å²) in [5.41, 5.74) is -0.331. The highest BCUT2D eigenvalue weighted by Gasteiger charge is 2.21. The molecule has 1 fully saturated rings. The molecule has 1 aromatic carbocycles. The molecule has 1 amide bonds. The van der Waals surface area contributed by atoms with Crippen LogP contribution in [0.15, 0.2) is 16.9 Å². The van der Waals surface area contributed by atoms with Gasteiger partial charge in [-0.1, -0.05) is 0 Å². The number of carbonyl (C=O) groups excluding carboxylic acids is 1. The lowest BCUT2D eigenvalue weighted by Gasteiger charge is -2.31. The van der Waals surface area contributed by atoms with E-state index in [1.807, 2.05) is 4.90 Å². The van der Waals surface area contributed by atoms with Crippen LogP contribution in [-0.2, 0) is 10.7 Å². The third kappa shape index (κ3) is 3.92. The Morgan fingerprint density at radius 3 is 2.80 bits per heavy atom. The van der Waals surface area contributed by atoms with E-state index >= 15 is 0 Å². The fourth-order valence-corrected chi connectivity index (χ4v) is 3.15. The molecule has 3 rings (SSSR count). The van der Waals surface area contributed by atoms with E-state index in [0.29, 0.717) is 31.4 Å². The normalized spacial score (nSPS) is 15.6. The summed E-state index contributed by atoms with van der Waals surface area (Å²) in [7, 11) is 0. The van der Waals surface area contributed by atoms with Gasteiger partial charge in [-0.2, -0.15) is 0 Å². The number of carbonyl (C=O) groups is 1. The molecule has 1 aliphatic heterocycles. The number of rotatable bonds is 4. The van der Waals surface area contributed by atoms with E-state index in [9.17, 15) is 14.0 Å². The summed E-state index contributed by atoms with van der Waals surface area (Å²) >= 11 is 5.69. The molecule has 0 aliphatic carbocycles.